The van der Waals surface area contributed by atoms with Gasteiger partial charge in [-0.3, -0.25) is 0 Å². The summed E-state index contributed by atoms with van der Waals surface area (Å²) in [6.07, 6.45) is 4.92. The summed E-state index contributed by atoms with van der Waals surface area (Å²) >= 11 is 2.40. The number of rotatable bonds is 2. The van der Waals surface area contributed by atoms with Crippen molar-refractivity contribution in [3.05, 3.63) is 22.8 Å². The second kappa shape index (κ2) is 4.98. The fraction of sp³-hybridized carbons (Fsp3) is 0.692. The molecule has 1 aromatic rings. The fourth-order valence-corrected chi connectivity index (χ4v) is 2.58. The summed E-state index contributed by atoms with van der Waals surface area (Å²) in [4.78, 5) is 9.50. The highest BCUT2D eigenvalue weighted by Gasteiger charge is 2.20. The Hall–Kier alpha value is -0.190. The molecular formula is C13H19IN2. The van der Waals surface area contributed by atoms with Gasteiger partial charge in [-0.05, 0) is 44.1 Å². The van der Waals surface area contributed by atoms with E-state index in [1.54, 1.807) is 0 Å². The summed E-state index contributed by atoms with van der Waals surface area (Å²) < 4.78 is 0.405. The van der Waals surface area contributed by atoms with Crippen LogP contribution < -0.4 is 0 Å². The Morgan fingerprint density at radius 3 is 2.38 bits per heavy atom. The Bertz CT molecular complexity index is 386. The predicted octanol–water partition coefficient (Wildman–Crippen LogP) is 3.97. The van der Waals surface area contributed by atoms with Gasteiger partial charge < -0.3 is 0 Å². The van der Waals surface area contributed by atoms with Crippen LogP contribution in [0.5, 0.6) is 0 Å². The zero-order valence-electron chi connectivity index (χ0n) is 10.3. The monoisotopic (exact) mass is 330 g/mol. The number of aromatic nitrogens is 2. The van der Waals surface area contributed by atoms with Gasteiger partial charge in [0.25, 0.3) is 0 Å². The summed E-state index contributed by atoms with van der Waals surface area (Å²) in [5.74, 6) is 1.54. The first-order valence-corrected chi connectivity index (χ1v) is 7.37. The van der Waals surface area contributed by atoms with Gasteiger partial charge in [0.2, 0.25) is 0 Å². The van der Waals surface area contributed by atoms with Crippen LogP contribution >= 0.6 is 22.6 Å². The molecule has 1 unspecified atom stereocenters. The SMILES string of the molecule is CC(C)c1nc(C(C)I)nc2c1CCCC2. The summed E-state index contributed by atoms with van der Waals surface area (Å²) in [7, 11) is 0. The van der Waals surface area contributed by atoms with Crippen molar-refractivity contribution >= 4 is 22.6 Å². The summed E-state index contributed by atoms with van der Waals surface area (Å²) in [6.45, 7) is 6.63. The van der Waals surface area contributed by atoms with Gasteiger partial charge in [-0.2, -0.15) is 0 Å². The van der Waals surface area contributed by atoms with E-state index in [0.717, 1.165) is 12.2 Å². The molecule has 1 heterocycles. The summed E-state index contributed by atoms with van der Waals surface area (Å²) in [6, 6.07) is 0. The van der Waals surface area contributed by atoms with Gasteiger partial charge in [-0.25, -0.2) is 9.97 Å². The second-order valence-electron chi connectivity index (χ2n) is 4.87. The van der Waals surface area contributed by atoms with E-state index in [1.165, 1.54) is 36.2 Å². The summed E-state index contributed by atoms with van der Waals surface area (Å²) in [5, 5.41) is 0. The molecule has 0 fully saturated rings. The summed E-state index contributed by atoms with van der Waals surface area (Å²) in [5.41, 5.74) is 4.06. The molecule has 0 bridgehead atoms. The number of aryl methyl sites for hydroxylation is 1. The molecule has 2 rings (SSSR count). The van der Waals surface area contributed by atoms with E-state index in [4.69, 9.17) is 9.97 Å². The first-order chi connectivity index (χ1) is 7.59. The van der Waals surface area contributed by atoms with Crippen molar-refractivity contribution in [2.45, 2.75) is 56.3 Å². The van der Waals surface area contributed by atoms with Gasteiger partial charge in [0.15, 0.2) is 0 Å². The molecule has 1 aliphatic rings. The molecular weight excluding hydrogens is 311 g/mol. The normalized spacial score (nSPS) is 17.3. The first kappa shape index (κ1) is 12.3. The van der Waals surface area contributed by atoms with Crippen LogP contribution in [0.4, 0.5) is 0 Å². The molecule has 2 nitrogen and oxygen atoms in total. The molecule has 0 aromatic carbocycles. The first-order valence-electron chi connectivity index (χ1n) is 6.13. The fourth-order valence-electron chi connectivity index (χ4n) is 2.30. The molecule has 88 valence electrons. The average molecular weight is 330 g/mol. The predicted molar refractivity (Wildman–Crippen MR) is 75.2 cm³/mol. The molecule has 3 heteroatoms. The van der Waals surface area contributed by atoms with E-state index in [9.17, 15) is 0 Å². The maximum Gasteiger partial charge on any atom is 0.141 e. The molecule has 1 aromatic heterocycles. The standard InChI is InChI=1S/C13H19IN2/c1-8(2)12-10-6-4-5-7-11(10)15-13(16-12)9(3)14/h8-9H,4-7H2,1-3H3. The minimum atomic E-state index is 0.405. The van der Waals surface area contributed by atoms with Crippen molar-refractivity contribution in [3.63, 3.8) is 0 Å². The molecule has 1 aliphatic carbocycles. The highest BCUT2D eigenvalue weighted by atomic mass is 127. The van der Waals surface area contributed by atoms with Crippen molar-refractivity contribution in [1.29, 1.82) is 0 Å². The van der Waals surface area contributed by atoms with Gasteiger partial charge in [-0.15, -0.1) is 0 Å². The third-order valence-electron chi connectivity index (χ3n) is 3.14. The number of hydrogen-bond donors (Lipinski definition) is 0. The smallest absolute Gasteiger partial charge is 0.141 e. The Morgan fingerprint density at radius 2 is 1.75 bits per heavy atom. The molecule has 0 aliphatic heterocycles. The van der Waals surface area contributed by atoms with Crippen LogP contribution in [0.3, 0.4) is 0 Å². The lowest BCUT2D eigenvalue weighted by Gasteiger charge is -2.21. The van der Waals surface area contributed by atoms with Crippen LogP contribution in [0.15, 0.2) is 0 Å². The van der Waals surface area contributed by atoms with Crippen molar-refractivity contribution in [1.82, 2.24) is 9.97 Å². The topological polar surface area (TPSA) is 25.8 Å². The maximum atomic E-state index is 4.77. The minimum Gasteiger partial charge on any atom is -0.237 e. The van der Waals surface area contributed by atoms with E-state index in [2.05, 4.69) is 43.4 Å². The van der Waals surface area contributed by atoms with Crippen LogP contribution in [0.2, 0.25) is 0 Å². The Balaban J connectivity index is 2.52. The zero-order chi connectivity index (χ0) is 11.7. The van der Waals surface area contributed by atoms with Crippen molar-refractivity contribution < 1.29 is 0 Å². The lowest BCUT2D eigenvalue weighted by molar-refractivity contribution is 0.630. The Labute approximate surface area is 111 Å². The highest BCUT2D eigenvalue weighted by molar-refractivity contribution is 14.1. The van der Waals surface area contributed by atoms with Gasteiger partial charge in [-0.1, -0.05) is 36.4 Å². The lowest BCUT2D eigenvalue weighted by Crippen LogP contribution is -2.14. The van der Waals surface area contributed by atoms with E-state index >= 15 is 0 Å². The largest absolute Gasteiger partial charge is 0.237 e. The van der Waals surface area contributed by atoms with Crippen LogP contribution in [0.25, 0.3) is 0 Å². The number of alkyl halides is 1. The molecule has 0 saturated carbocycles. The van der Waals surface area contributed by atoms with Crippen LogP contribution in [0, 0.1) is 0 Å². The number of hydrogen-bond acceptors (Lipinski definition) is 2. The molecule has 0 N–H and O–H groups in total. The van der Waals surface area contributed by atoms with Crippen molar-refractivity contribution in [3.8, 4) is 0 Å². The third kappa shape index (κ3) is 2.39. The van der Waals surface area contributed by atoms with Crippen molar-refractivity contribution in [2.75, 3.05) is 0 Å². The number of halogens is 1. The molecule has 0 saturated heterocycles. The molecule has 1 atom stereocenters. The zero-order valence-corrected chi connectivity index (χ0v) is 12.4. The van der Waals surface area contributed by atoms with Gasteiger partial charge in [0, 0.05) is 5.69 Å². The molecule has 0 radical (unpaired) electrons. The van der Waals surface area contributed by atoms with E-state index in [0.29, 0.717) is 9.84 Å². The Morgan fingerprint density at radius 1 is 1.06 bits per heavy atom. The highest BCUT2D eigenvalue weighted by Crippen LogP contribution is 2.29. The van der Waals surface area contributed by atoms with Crippen LogP contribution in [-0.2, 0) is 12.8 Å². The number of fused-ring (bicyclic) bond motifs is 1. The third-order valence-corrected chi connectivity index (χ3v) is 3.69. The lowest BCUT2D eigenvalue weighted by atomic mass is 9.91. The van der Waals surface area contributed by atoms with E-state index in [-0.39, 0.29) is 0 Å². The molecule has 0 spiro atoms. The van der Waals surface area contributed by atoms with Crippen molar-refractivity contribution in [2.24, 2.45) is 0 Å². The molecule has 16 heavy (non-hydrogen) atoms. The van der Waals surface area contributed by atoms with Gasteiger partial charge in [0.1, 0.15) is 5.82 Å². The van der Waals surface area contributed by atoms with Gasteiger partial charge >= 0.3 is 0 Å². The van der Waals surface area contributed by atoms with Crippen LogP contribution in [0.1, 0.15) is 66.2 Å². The number of nitrogens with zero attached hydrogens (tertiary/aromatic N) is 2. The van der Waals surface area contributed by atoms with E-state index in [1.807, 2.05) is 0 Å². The average Bonchev–Trinajstić information content (AvgIpc) is 2.27. The van der Waals surface area contributed by atoms with Gasteiger partial charge in [0.05, 0.1) is 9.62 Å². The quantitative estimate of drug-likeness (QED) is 0.606. The molecule has 0 amide bonds. The maximum absolute atomic E-state index is 4.77. The second-order valence-corrected chi connectivity index (χ2v) is 6.74. The van der Waals surface area contributed by atoms with Crippen LogP contribution in [-0.4, -0.2) is 9.97 Å². The Kier molecular flexibility index (Phi) is 3.82. The van der Waals surface area contributed by atoms with E-state index < -0.39 is 0 Å². The minimum absolute atomic E-state index is 0.405.